The minimum Gasteiger partial charge on any atom is -0.495 e. The number of aromatic nitrogens is 1. The molecule has 0 atom stereocenters. The van der Waals surface area contributed by atoms with E-state index in [1.807, 2.05) is 37.3 Å². The molecular weight excluding hydrogens is 296 g/mol. The molecule has 3 rings (SSSR count). The summed E-state index contributed by atoms with van der Waals surface area (Å²) >= 11 is 0. The largest absolute Gasteiger partial charge is 0.495 e. The van der Waals surface area contributed by atoms with Gasteiger partial charge in [0, 0.05) is 32.2 Å². The second kappa shape index (κ2) is 6.60. The van der Waals surface area contributed by atoms with Gasteiger partial charge < -0.3 is 24.4 Å². The van der Waals surface area contributed by atoms with Crippen molar-refractivity contribution in [1.29, 1.82) is 0 Å². The zero-order valence-corrected chi connectivity index (χ0v) is 13.3. The van der Waals surface area contributed by atoms with Gasteiger partial charge >= 0.3 is 6.03 Å². The van der Waals surface area contributed by atoms with E-state index in [2.05, 4.69) is 15.4 Å². The van der Waals surface area contributed by atoms with E-state index in [0.717, 1.165) is 24.7 Å². The molecule has 7 heteroatoms. The molecule has 1 aromatic heterocycles. The minimum atomic E-state index is -0.120. The molecule has 1 saturated heterocycles. The fourth-order valence-corrected chi connectivity index (χ4v) is 2.58. The summed E-state index contributed by atoms with van der Waals surface area (Å²) in [6, 6.07) is 9.16. The van der Waals surface area contributed by atoms with Crippen LogP contribution in [0.1, 0.15) is 5.76 Å². The first-order chi connectivity index (χ1) is 11.2. The van der Waals surface area contributed by atoms with Crippen LogP contribution in [-0.4, -0.2) is 49.4 Å². The van der Waals surface area contributed by atoms with Crippen LogP contribution in [0.2, 0.25) is 0 Å². The van der Waals surface area contributed by atoms with Crippen molar-refractivity contribution in [2.24, 2.45) is 0 Å². The Morgan fingerprint density at radius 1 is 1.26 bits per heavy atom. The van der Waals surface area contributed by atoms with E-state index in [1.165, 1.54) is 0 Å². The number of hydrogen-bond acceptors (Lipinski definition) is 5. The molecule has 23 heavy (non-hydrogen) atoms. The lowest BCUT2D eigenvalue weighted by Gasteiger charge is -2.34. The molecular formula is C16H20N4O3. The zero-order valence-electron chi connectivity index (χ0n) is 13.3. The molecule has 1 aliphatic rings. The van der Waals surface area contributed by atoms with Gasteiger partial charge in [-0.15, -0.1) is 0 Å². The standard InChI is InChI=1S/C16H20N4O3/c1-12-11-15(18-23-12)19-7-9-20(10-8-19)16(21)17-13-5-3-4-6-14(13)22-2/h3-6,11H,7-10H2,1-2H3,(H,17,21). The Kier molecular flexibility index (Phi) is 4.36. The van der Waals surface area contributed by atoms with Gasteiger partial charge in [0.05, 0.1) is 12.8 Å². The van der Waals surface area contributed by atoms with Crippen LogP contribution in [0.5, 0.6) is 5.75 Å². The number of methoxy groups -OCH3 is 1. The predicted molar refractivity (Wildman–Crippen MR) is 87.0 cm³/mol. The van der Waals surface area contributed by atoms with E-state index >= 15 is 0 Å². The number of amides is 2. The van der Waals surface area contributed by atoms with E-state index in [9.17, 15) is 4.79 Å². The summed E-state index contributed by atoms with van der Waals surface area (Å²) < 4.78 is 10.3. The van der Waals surface area contributed by atoms with E-state index in [0.29, 0.717) is 24.5 Å². The molecule has 1 N–H and O–H groups in total. The van der Waals surface area contributed by atoms with Crippen molar-refractivity contribution >= 4 is 17.5 Å². The maximum atomic E-state index is 12.4. The normalized spacial score (nSPS) is 14.7. The van der Waals surface area contributed by atoms with E-state index in [4.69, 9.17) is 9.26 Å². The van der Waals surface area contributed by atoms with Gasteiger partial charge in [-0.25, -0.2) is 4.79 Å². The van der Waals surface area contributed by atoms with E-state index < -0.39 is 0 Å². The van der Waals surface area contributed by atoms with Gasteiger partial charge in [-0.3, -0.25) is 0 Å². The third kappa shape index (κ3) is 3.39. The van der Waals surface area contributed by atoms with Crippen LogP contribution in [0.25, 0.3) is 0 Å². The zero-order chi connectivity index (χ0) is 16.2. The predicted octanol–water partition coefficient (Wildman–Crippen LogP) is 2.35. The maximum absolute atomic E-state index is 12.4. The van der Waals surface area contributed by atoms with Crippen LogP contribution >= 0.6 is 0 Å². The van der Waals surface area contributed by atoms with Crippen LogP contribution in [0.3, 0.4) is 0 Å². The number of para-hydroxylation sites is 2. The Morgan fingerprint density at radius 2 is 2.00 bits per heavy atom. The van der Waals surface area contributed by atoms with Crippen LogP contribution in [0.15, 0.2) is 34.9 Å². The number of nitrogens with zero attached hydrogens (tertiary/aromatic N) is 3. The number of anilines is 2. The van der Waals surface area contributed by atoms with Gasteiger partial charge in [-0.05, 0) is 19.1 Å². The number of nitrogens with one attached hydrogen (secondary N) is 1. The molecule has 2 aromatic rings. The molecule has 2 amide bonds. The molecule has 1 fully saturated rings. The molecule has 0 saturated carbocycles. The average Bonchev–Trinajstić information content (AvgIpc) is 3.02. The SMILES string of the molecule is COc1ccccc1NC(=O)N1CCN(c2cc(C)on2)CC1. The Bertz CT molecular complexity index is 677. The highest BCUT2D eigenvalue weighted by Gasteiger charge is 2.23. The Balaban J connectivity index is 1.58. The lowest BCUT2D eigenvalue weighted by molar-refractivity contribution is 0.208. The van der Waals surface area contributed by atoms with Crippen molar-refractivity contribution in [2.75, 3.05) is 43.5 Å². The summed E-state index contributed by atoms with van der Waals surface area (Å²) in [5.41, 5.74) is 0.676. The second-order valence-electron chi connectivity index (χ2n) is 5.40. The van der Waals surface area contributed by atoms with Crippen LogP contribution in [-0.2, 0) is 0 Å². The van der Waals surface area contributed by atoms with Crippen molar-refractivity contribution in [3.63, 3.8) is 0 Å². The maximum Gasteiger partial charge on any atom is 0.322 e. The van der Waals surface area contributed by atoms with Gasteiger partial charge in [0.1, 0.15) is 11.5 Å². The summed E-state index contributed by atoms with van der Waals surface area (Å²) in [4.78, 5) is 16.3. The number of carbonyl (C=O) groups is 1. The van der Waals surface area contributed by atoms with Crippen LogP contribution in [0.4, 0.5) is 16.3 Å². The first kappa shape index (κ1) is 15.2. The number of carbonyl (C=O) groups excluding carboxylic acids is 1. The summed E-state index contributed by atoms with van der Waals surface area (Å²) in [5, 5.41) is 6.91. The molecule has 0 bridgehead atoms. The fraction of sp³-hybridized carbons (Fsp3) is 0.375. The van der Waals surface area contributed by atoms with Gasteiger partial charge in [0.25, 0.3) is 0 Å². The number of benzene rings is 1. The lowest BCUT2D eigenvalue weighted by Crippen LogP contribution is -2.50. The number of piperazine rings is 1. The first-order valence-corrected chi connectivity index (χ1v) is 7.54. The van der Waals surface area contributed by atoms with Gasteiger partial charge in [0.15, 0.2) is 5.82 Å². The smallest absolute Gasteiger partial charge is 0.322 e. The number of hydrogen-bond donors (Lipinski definition) is 1. The summed E-state index contributed by atoms with van der Waals surface area (Å²) in [6.07, 6.45) is 0. The third-order valence-corrected chi connectivity index (χ3v) is 3.85. The third-order valence-electron chi connectivity index (χ3n) is 3.85. The first-order valence-electron chi connectivity index (χ1n) is 7.54. The van der Waals surface area contributed by atoms with Crippen molar-refractivity contribution in [2.45, 2.75) is 6.92 Å². The van der Waals surface area contributed by atoms with Crippen LogP contribution < -0.4 is 15.0 Å². The van der Waals surface area contributed by atoms with E-state index in [1.54, 1.807) is 12.0 Å². The van der Waals surface area contributed by atoms with Crippen LogP contribution in [0, 0.1) is 6.92 Å². The summed E-state index contributed by atoms with van der Waals surface area (Å²) in [7, 11) is 1.59. The highest BCUT2D eigenvalue weighted by Crippen LogP contribution is 2.23. The van der Waals surface area contributed by atoms with Gasteiger partial charge in [-0.1, -0.05) is 17.3 Å². The molecule has 0 unspecified atom stereocenters. The lowest BCUT2D eigenvalue weighted by atomic mass is 10.3. The van der Waals surface area contributed by atoms with Gasteiger partial charge in [-0.2, -0.15) is 0 Å². The van der Waals surface area contributed by atoms with Crippen molar-refractivity contribution < 1.29 is 14.1 Å². The molecule has 0 aliphatic carbocycles. The number of rotatable bonds is 3. The Labute approximate surface area is 134 Å². The highest BCUT2D eigenvalue weighted by atomic mass is 16.5. The molecule has 7 nitrogen and oxygen atoms in total. The molecule has 1 aromatic carbocycles. The van der Waals surface area contributed by atoms with Crippen molar-refractivity contribution in [1.82, 2.24) is 10.1 Å². The van der Waals surface area contributed by atoms with Crippen molar-refractivity contribution in [3.8, 4) is 5.75 Å². The number of aryl methyl sites for hydroxylation is 1. The number of urea groups is 1. The highest BCUT2D eigenvalue weighted by molar-refractivity contribution is 5.91. The molecule has 122 valence electrons. The van der Waals surface area contributed by atoms with Gasteiger partial charge in [0.2, 0.25) is 0 Å². The summed E-state index contributed by atoms with van der Waals surface area (Å²) in [6.45, 7) is 4.59. The molecule has 2 heterocycles. The summed E-state index contributed by atoms with van der Waals surface area (Å²) in [5.74, 6) is 2.26. The van der Waals surface area contributed by atoms with E-state index in [-0.39, 0.29) is 6.03 Å². The van der Waals surface area contributed by atoms with Crippen molar-refractivity contribution in [3.05, 3.63) is 36.1 Å². The topological polar surface area (TPSA) is 70.8 Å². The second-order valence-corrected chi connectivity index (χ2v) is 5.40. The number of ether oxygens (including phenoxy) is 1. The Hall–Kier alpha value is -2.70. The molecule has 0 radical (unpaired) electrons. The molecule has 1 aliphatic heterocycles. The quantitative estimate of drug-likeness (QED) is 0.941. The Morgan fingerprint density at radius 3 is 2.65 bits per heavy atom. The minimum absolute atomic E-state index is 0.120. The fourth-order valence-electron chi connectivity index (χ4n) is 2.58. The average molecular weight is 316 g/mol. The molecule has 0 spiro atoms. The monoisotopic (exact) mass is 316 g/mol.